The number of aliphatic hydroxyl groups is 1. The van der Waals surface area contributed by atoms with E-state index in [-0.39, 0.29) is 25.7 Å². The zero-order valence-electron chi connectivity index (χ0n) is 9.67. The quantitative estimate of drug-likeness (QED) is 0.813. The van der Waals surface area contributed by atoms with Gasteiger partial charge in [-0.25, -0.2) is 0 Å². The fraction of sp³-hybridized carbons (Fsp3) is 0.538. The highest BCUT2D eigenvalue weighted by Gasteiger charge is 2.45. The summed E-state index contributed by atoms with van der Waals surface area (Å²) in [5, 5.41) is 11.0. The summed E-state index contributed by atoms with van der Waals surface area (Å²) in [5.41, 5.74) is -0.501. The zero-order chi connectivity index (χ0) is 13.4. The first-order valence-electron chi connectivity index (χ1n) is 5.86. The number of halogens is 4. The van der Waals surface area contributed by atoms with Crippen LogP contribution in [0.2, 0.25) is 5.02 Å². The van der Waals surface area contributed by atoms with E-state index in [1.54, 1.807) is 24.3 Å². The minimum absolute atomic E-state index is 0.0252. The van der Waals surface area contributed by atoms with E-state index < -0.39 is 17.7 Å². The molecule has 0 saturated heterocycles. The Balaban J connectivity index is 2.10. The number of benzene rings is 1. The Labute approximate surface area is 109 Å². The molecule has 1 aliphatic carbocycles. The molecule has 100 valence electrons. The largest absolute Gasteiger partial charge is 0.391 e. The molecule has 0 aromatic heterocycles. The molecule has 0 bridgehead atoms. The first kappa shape index (κ1) is 13.7. The summed E-state index contributed by atoms with van der Waals surface area (Å²) in [5.74, 6) is -1.29. The number of hydrogen-bond acceptors (Lipinski definition) is 1. The van der Waals surface area contributed by atoms with Crippen molar-refractivity contribution >= 4 is 11.6 Å². The fourth-order valence-electron chi connectivity index (χ4n) is 2.47. The molecule has 1 aliphatic rings. The average molecular weight is 279 g/mol. The molecule has 0 unspecified atom stereocenters. The maximum absolute atomic E-state index is 12.5. The predicted octanol–water partition coefficient (Wildman–Crippen LogP) is 4.28. The van der Waals surface area contributed by atoms with E-state index >= 15 is 0 Å². The maximum atomic E-state index is 12.5. The normalized spacial score (nSPS) is 29.3. The molecule has 0 aliphatic heterocycles. The van der Waals surface area contributed by atoms with Crippen LogP contribution in [0, 0.1) is 5.92 Å². The lowest BCUT2D eigenvalue weighted by atomic mass is 9.75. The summed E-state index contributed by atoms with van der Waals surface area (Å²) in [7, 11) is 0. The summed E-state index contributed by atoms with van der Waals surface area (Å²) in [6.07, 6.45) is -3.93. The lowest BCUT2D eigenvalue weighted by molar-refractivity contribution is -0.193. The van der Waals surface area contributed by atoms with Gasteiger partial charge in [-0.1, -0.05) is 23.7 Å². The standard InChI is InChI=1S/C13H14ClF3O/c14-11-3-1-9(2-4-11)12(18)7-5-10(6-8-12)13(15,16)17/h1-4,10,18H,5-8H2. The van der Waals surface area contributed by atoms with Crippen LogP contribution in [-0.2, 0) is 5.60 Å². The monoisotopic (exact) mass is 278 g/mol. The molecular weight excluding hydrogens is 265 g/mol. The number of hydrogen-bond donors (Lipinski definition) is 1. The Kier molecular flexibility index (Phi) is 3.60. The summed E-state index contributed by atoms with van der Waals surface area (Å²) in [4.78, 5) is 0. The lowest BCUT2D eigenvalue weighted by Crippen LogP contribution is -2.36. The van der Waals surface area contributed by atoms with Gasteiger partial charge in [0.2, 0.25) is 0 Å². The summed E-state index contributed by atoms with van der Waals surface area (Å²) >= 11 is 5.75. The summed E-state index contributed by atoms with van der Waals surface area (Å²) in [6.45, 7) is 0. The smallest absolute Gasteiger partial charge is 0.385 e. The van der Waals surface area contributed by atoms with Gasteiger partial charge in [-0.2, -0.15) is 13.2 Å². The van der Waals surface area contributed by atoms with Gasteiger partial charge >= 0.3 is 6.18 Å². The van der Waals surface area contributed by atoms with Crippen LogP contribution >= 0.6 is 11.6 Å². The van der Waals surface area contributed by atoms with Gasteiger partial charge < -0.3 is 5.11 Å². The Bertz CT molecular complexity index is 405. The van der Waals surface area contributed by atoms with E-state index in [9.17, 15) is 18.3 Å². The van der Waals surface area contributed by atoms with Gasteiger partial charge in [0.25, 0.3) is 0 Å². The van der Waals surface area contributed by atoms with Crippen molar-refractivity contribution in [3.63, 3.8) is 0 Å². The van der Waals surface area contributed by atoms with Crippen LogP contribution in [0.1, 0.15) is 31.2 Å². The number of rotatable bonds is 1. The van der Waals surface area contributed by atoms with E-state index in [4.69, 9.17) is 11.6 Å². The van der Waals surface area contributed by atoms with Crippen molar-refractivity contribution in [3.05, 3.63) is 34.9 Å². The topological polar surface area (TPSA) is 20.2 Å². The van der Waals surface area contributed by atoms with E-state index in [0.29, 0.717) is 10.6 Å². The highest BCUT2D eigenvalue weighted by molar-refractivity contribution is 6.30. The van der Waals surface area contributed by atoms with Crippen molar-refractivity contribution in [2.75, 3.05) is 0 Å². The molecule has 0 spiro atoms. The van der Waals surface area contributed by atoms with Crippen LogP contribution in [-0.4, -0.2) is 11.3 Å². The molecule has 1 aromatic rings. The molecule has 1 saturated carbocycles. The molecule has 1 N–H and O–H groups in total. The van der Waals surface area contributed by atoms with E-state index in [0.717, 1.165) is 0 Å². The zero-order valence-corrected chi connectivity index (χ0v) is 10.4. The van der Waals surface area contributed by atoms with Crippen LogP contribution in [0.3, 0.4) is 0 Å². The molecule has 0 radical (unpaired) electrons. The lowest BCUT2D eigenvalue weighted by Gasteiger charge is -2.37. The second kappa shape index (κ2) is 4.74. The van der Waals surface area contributed by atoms with Crippen molar-refractivity contribution in [2.24, 2.45) is 5.92 Å². The van der Waals surface area contributed by atoms with Gasteiger partial charge in [0.1, 0.15) is 0 Å². The minimum Gasteiger partial charge on any atom is -0.385 e. The van der Waals surface area contributed by atoms with Crippen LogP contribution in [0.5, 0.6) is 0 Å². The first-order chi connectivity index (χ1) is 8.31. The van der Waals surface area contributed by atoms with Crippen molar-refractivity contribution in [3.8, 4) is 0 Å². The highest BCUT2D eigenvalue weighted by atomic mass is 35.5. The molecule has 0 amide bonds. The molecule has 18 heavy (non-hydrogen) atoms. The van der Waals surface area contributed by atoms with Crippen molar-refractivity contribution in [2.45, 2.75) is 37.5 Å². The average Bonchev–Trinajstić information content (AvgIpc) is 2.29. The summed E-state index contributed by atoms with van der Waals surface area (Å²) in [6, 6.07) is 6.64. The molecule has 1 fully saturated rings. The Morgan fingerprint density at radius 3 is 2.06 bits per heavy atom. The fourth-order valence-corrected chi connectivity index (χ4v) is 2.60. The third kappa shape index (κ3) is 2.81. The minimum atomic E-state index is -4.15. The van der Waals surface area contributed by atoms with E-state index in [1.165, 1.54) is 0 Å². The van der Waals surface area contributed by atoms with Crippen molar-refractivity contribution in [1.29, 1.82) is 0 Å². The van der Waals surface area contributed by atoms with Crippen LogP contribution in [0.15, 0.2) is 24.3 Å². The van der Waals surface area contributed by atoms with Crippen molar-refractivity contribution in [1.82, 2.24) is 0 Å². The molecule has 1 aromatic carbocycles. The third-order valence-corrected chi connectivity index (χ3v) is 3.91. The van der Waals surface area contributed by atoms with E-state index in [1.807, 2.05) is 0 Å². The second-order valence-corrected chi connectivity index (χ2v) is 5.29. The first-order valence-corrected chi connectivity index (χ1v) is 6.24. The summed E-state index contributed by atoms with van der Waals surface area (Å²) < 4.78 is 37.6. The van der Waals surface area contributed by atoms with Gasteiger partial charge in [-0.3, -0.25) is 0 Å². The Morgan fingerprint density at radius 1 is 1.11 bits per heavy atom. The van der Waals surface area contributed by atoms with Gasteiger partial charge in [0, 0.05) is 5.02 Å². The Morgan fingerprint density at radius 2 is 1.61 bits per heavy atom. The maximum Gasteiger partial charge on any atom is 0.391 e. The van der Waals surface area contributed by atoms with E-state index in [2.05, 4.69) is 0 Å². The second-order valence-electron chi connectivity index (χ2n) is 4.85. The molecule has 0 heterocycles. The molecule has 1 nitrogen and oxygen atoms in total. The molecule has 2 rings (SSSR count). The highest BCUT2D eigenvalue weighted by Crippen LogP contribution is 2.45. The van der Waals surface area contributed by atoms with Crippen LogP contribution < -0.4 is 0 Å². The van der Waals surface area contributed by atoms with Gasteiger partial charge in [0.15, 0.2) is 0 Å². The third-order valence-electron chi connectivity index (χ3n) is 3.66. The predicted molar refractivity (Wildman–Crippen MR) is 63.4 cm³/mol. The SMILES string of the molecule is OC1(c2ccc(Cl)cc2)CCC(C(F)(F)F)CC1. The van der Waals surface area contributed by atoms with Gasteiger partial charge in [-0.05, 0) is 43.4 Å². The van der Waals surface area contributed by atoms with Crippen molar-refractivity contribution < 1.29 is 18.3 Å². The number of alkyl halides is 3. The Hall–Kier alpha value is -0.740. The van der Waals surface area contributed by atoms with Gasteiger partial charge in [0.05, 0.1) is 11.5 Å². The van der Waals surface area contributed by atoms with Gasteiger partial charge in [-0.15, -0.1) is 0 Å². The van der Waals surface area contributed by atoms with Crippen LogP contribution in [0.25, 0.3) is 0 Å². The molecule has 0 atom stereocenters. The molecular formula is C13H14ClF3O. The molecule has 5 heteroatoms. The van der Waals surface area contributed by atoms with Crippen LogP contribution in [0.4, 0.5) is 13.2 Å².